The molecule has 1 aromatic rings. The molecule has 1 rings (SSSR count). The summed E-state index contributed by atoms with van der Waals surface area (Å²) in [7, 11) is 0. The van der Waals surface area contributed by atoms with Crippen LogP contribution in [0, 0.1) is 5.82 Å². The average molecular weight is 285 g/mol. The summed E-state index contributed by atoms with van der Waals surface area (Å²) in [5, 5.41) is 3.20. The minimum atomic E-state index is -0.200. The van der Waals surface area contributed by atoms with Crippen LogP contribution >= 0.6 is 11.8 Å². The Labute approximate surface area is 120 Å². The third kappa shape index (κ3) is 5.83. The van der Waals surface area contributed by atoms with Crippen LogP contribution in [0.15, 0.2) is 18.2 Å². The van der Waals surface area contributed by atoms with Crippen molar-refractivity contribution in [1.29, 1.82) is 0 Å². The Morgan fingerprint density at radius 2 is 2.16 bits per heavy atom. The van der Waals surface area contributed by atoms with Crippen LogP contribution in [-0.2, 0) is 0 Å². The molecule has 0 fully saturated rings. The lowest BCUT2D eigenvalue weighted by Crippen LogP contribution is -2.18. The Morgan fingerprint density at radius 3 is 2.79 bits per heavy atom. The summed E-state index contributed by atoms with van der Waals surface area (Å²) in [5.41, 5.74) is 0.690. The number of ether oxygens (including phenoxy) is 1. The zero-order valence-electron chi connectivity index (χ0n) is 12.0. The van der Waals surface area contributed by atoms with Crippen molar-refractivity contribution in [2.24, 2.45) is 0 Å². The van der Waals surface area contributed by atoms with Crippen LogP contribution in [0.1, 0.15) is 38.8 Å². The minimum absolute atomic E-state index is 0.0278. The standard InChI is InChI=1S/C15H24FNOS/c1-4-17-12(3)14-8-7-13(11-15(14)16)18-9-6-10-19-5-2/h7-8,11-12,17H,4-6,9-10H2,1-3H3. The topological polar surface area (TPSA) is 21.3 Å². The van der Waals surface area contributed by atoms with E-state index >= 15 is 0 Å². The van der Waals surface area contributed by atoms with Gasteiger partial charge in [0.05, 0.1) is 6.61 Å². The van der Waals surface area contributed by atoms with Gasteiger partial charge in [-0.2, -0.15) is 11.8 Å². The number of hydrogen-bond acceptors (Lipinski definition) is 3. The highest BCUT2D eigenvalue weighted by molar-refractivity contribution is 7.99. The molecule has 4 heteroatoms. The number of rotatable bonds is 9. The van der Waals surface area contributed by atoms with Crippen LogP contribution in [0.25, 0.3) is 0 Å². The maximum atomic E-state index is 13.9. The molecule has 0 radical (unpaired) electrons. The quantitative estimate of drug-likeness (QED) is 0.692. The third-order valence-corrected chi connectivity index (χ3v) is 3.84. The molecular formula is C15H24FNOS. The Bertz CT molecular complexity index is 373. The van der Waals surface area contributed by atoms with Gasteiger partial charge in [-0.1, -0.05) is 19.9 Å². The van der Waals surface area contributed by atoms with Crippen LogP contribution < -0.4 is 10.1 Å². The fraction of sp³-hybridized carbons (Fsp3) is 0.600. The molecule has 1 N–H and O–H groups in total. The lowest BCUT2D eigenvalue weighted by atomic mass is 10.1. The fourth-order valence-electron chi connectivity index (χ4n) is 1.86. The van der Waals surface area contributed by atoms with Crippen LogP contribution in [-0.4, -0.2) is 24.7 Å². The van der Waals surface area contributed by atoms with Crippen molar-refractivity contribution in [2.45, 2.75) is 33.2 Å². The number of nitrogens with one attached hydrogen (secondary N) is 1. The van der Waals surface area contributed by atoms with Gasteiger partial charge in [-0.05, 0) is 37.5 Å². The summed E-state index contributed by atoms with van der Waals surface area (Å²) >= 11 is 1.90. The first kappa shape index (κ1) is 16.3. The molecule has 0 saturated heterocycles. The number of hydrogen-bond donors (Lipinski definition) is 1. The first-order valence-electron chi connectivity index (χ1n) is 6.92. The molecule has 0 aliphatic carbocycles. The molecule has 0 amide bonds. The van der Waals surface area contributed by atoms with Gasteiger partial charge < -0.3 is 10.1 Å². The second kappa shape index (κ2) is 9.21. The fourth-order valence-corrected chi connectivity index (χ4v) is 2.47. The third-order valence-electron chi connectivity index (χ3n) is 2.85. The molecule has 2 nitrogen and oxygen atoms in total. The number of benzene rings is 1. The van der Waals surface area contributed by atoms with Crippen LogP contribution in [0.5, 0.6) is 5.75 Å². The predicted octanol–water partition coefficient (Wildman–Crippen LogP) is 4.02. The van der Waals surface area contributed by atoms with Gasteiger partial charge in [-0.25, -0.2) is 4.39 Å². The molecule has 0 aliphatic heterocycles. The van der Waals surface area contributed by atoms with E-state index in [1.807, 2.05) is 31.7 Å². The van der Waals surface area contributed by atoms with Gasteiger partial charge in [0.25, 0.3) is 0 Å². The van der Waals surface area contributed by atoms with E-state index in [1.165, 1.54) is 6.07 Å². The van der Waals surface area contributed by atoms with Crippen molar-refractivity contribution in [1.82, 2.24) is 5.32 Å². The van der Waals surface area contributed by atoms with Gasteiger partial charge in [-0.15, -0.1) is 0 Å². The zero-order chi connectivity index (χ0) is 14.1. The predicted molar refractivity (Wildman–Crippen MR) is 81.6 cm³/mol. The van der Waals surface area contributed by atoms with Gasteiger partial charge in [0.2, 0.25) is 0 Å². The Morgan fingerprint density at radius 1 is 1.37 bits per heavy atom. The van der Waals surface area contributed by atoms with E-state index in [2.05, 4.69) is 12.2 Å². The average Bonchev–Trinajstić information content (AvgIpc) is 2.39. The molecule has 0 bridgehead atoms. The normalized spacial score (nSPS) is 12.4. The first-order valence-corrected chi connectivity index (χ1v) is 8.07. The van der Waals surface area contributed by atoms with Crippen molar-refractivity contribution in [3.05, 3.63) is 29.6 Å². The second-order valence-electron chi connectivity index (χ2n) is 4.36. The van der Waals surface area contributed by atoms with Crippen molar-refractivity contribution in [3.8, 4) is 5.75 Å². The van der Waals surface area contributed by atoms with Crippen molar-refractivity contribution in [2.75, 3.05) is 24.7 Å². The largest absolute Gasteiger partial charge is 0.493 e. The van der Waals surface area contributed by atoms with Gasteiger partial charge in [-0.3, -0.25) is 0 Å². The first-order chi connectivity index (χ1) is 9.19. The molecule has 0 aliphatic rings. The summed E-state index contributed by atoms with van der Waals surface area (Å²) in [6, 6.07) is 5.16. The molecule has 0 aromatic heterocycles. The van der Waals surface area contributed by atoms with Gasteiger partial charge >= 0.3 is 0 Å². The second-order valence-corrected chi connectivity index (χ2v) is 5.76. The molecule has 0 spiro atoms. The maximum Gasteiger partial charge on any atom is 0.131 e. The SMILES string of the molecule is CCNC(C)c1ccc(OCCCSCC)cc1F. The van der Waals surface area contributed by atoms with Crippen LogP contribution in [0.2, 0.25) is 0 Å². The van der Waals surface area contributed by atoms with Gasteiger partial charge in [0, 0.05) is 17.7 Å². The molecule has 108 valence electrons. The summed E-state index contributed by atoms with van der Waals surface area (Å²) in [6.07, 6.45) is 0.996. The summed E-state index contributed by atoms with van der Waals surface area (Å²) in [5.74, 6) is 2.64. The Balaban J connectivity index is 2.47. The lowest BCUT2D eigenvalue weighted by molar-refractivity contribution is 0.316. The highest BCUT2D eigenvalue weighted by Gasteiger charge is 2.10. The summed E-state index contributed by atoms with van der Waals surface area (Å²) < 4.78 is 19.5. The molecule has 1 unspecified atom stereocenters. The van der Waals surface area contributed by atoms with E-state index in [0.29, 0.717) is 17.9 Å². The van der Waals surface area contributed by atoms with E-state index in [0.717, 1.165) is 24.5 Å². The van der Waals surface area contributed by atoms with E-state index in [9.17, 15) is 4.39 Å². The highest BCUT2D eigenvalue weighted by atomic mass is 32.2. The zero-order valence-corrected chi connectivity index (χ0v) is 12.9. The van der Waals surface area contributed by atoms with Gasteiger partial charge in [0.15, 0.2) is 0 Å². The highest BCUT2D eigenvalue weighted by Crippen LogP contribution is 2.22. The minimum Gasteiger partial charge on any atom is -0.493 e. The monoisotopic (exact) mass is 285 g/mol. The smallest absolute Gasteiger partial charge is 0.131 e. The Kier molecular flexibility index (Phi) is 7.91. The summed E-state index contributed by atoms with van der Waals surface area (Å²) in [6.45, 7) is 7.60. The van der Waals surface area contributed by atoms with E-state index in [4.69, 9.17) is 4.74 Å². The molecule has 19 heavy (non-hydrogen) atoms. The van der Waals surface area contributed by atoms with E-state index in [-0.39, 0.29) is 11.9 Å². The molecule has 0 saturated carbocycles. The van der Waals surface area contributed by atoms with Crippen molar-refractivity contribution < 1.29 is 9.13 Å². The molecular weight excluding hydrogens is 261 g/mol. The van der Waals surface area contributed by atoms with E-state index in [1.54, 1.807) is 6.07 Å². The van der Waals surface area contributed by atoms with Crippen LogP contribution in [0.4, 0.5) is 4.39 Å². The Hall–Kier alpha value is -0.740. The molecule has 1 aromatic carbocycles. The maximum absolute atomic E-state index is 13.9. The number of halogens is 1. The lowest BCUT2D eigenvalue weighted by Gasteiger charge is -2.14. The van der Waals surface area contributed by atoms with Crippen molar-refractivity contribution in [3.63, 3.8) is 0 Å². The van der Waals surface area contributed by atoms with E-state index < -0.39 is 0 Å². The number of thioether (sulfide) groups is 1. The van der Waals surface area contributed by atoms with Crippen LogP contribution in [0.3, 0.4) is 0 Å². The summed E-state index contributed by atoms with van der Waals surface area (Å²) in [4.78, 5) is 0. The van der Waals surface area contributed by atoms with Gasteiger partial charge in [0.1, 0.15) is 11.6 Å². The molecule has 1 atom stereocenters. The van der Waals surface area contributed by atoms with Crippen molar-refractivity contribution >= 4 is 11.8 Å². The molecule has 0 heterocycles.